The Hall–Kier alpha value is -0.820. The second kappa shape index (κ2) is 11.3. The first-order valence-electron chi connectivity index (χ1n) is 5.92. The number of rotatable bonds is 1. The molecule has 0 aromatic heterocycles. The standard InChI is InChI=1S/C10H15N.2C2H6/c1-4-5-6-10-8-11(3)7-9(10)2;2*1-2/h4-6H,2,7-8H2,1,3H3;2*1-2H3/b5-4-,10-6-;;. The van der Waals surface area contributed by atoms with Crippen LogP contribution in [-0.2, 0) is 0 Å². The first-order valence-corrected chi connectivity index (χ1v) is 5.92. The Morgan fingerprint density at radius 1 is 1.13 bits per heavy atom. The van der Waals surface area contributed by atoms with Crippen molar-refractivity contribution in [1.29, 1.82) is 0 Å². The van der Waals surface area contributed by atoms with Crippen LogP contribution in [0.25, 0.3) is 0 Å². The first kappa shape index (κ1) is 16.6. The van der Waals surface area contributed by atoms with Crippen molar-refractivity contribution in [1.82, 2.24) is 4.90 Å². The van der Waals surface area contributed by atoms with Gasteiger partial charge in [-0.2, -0.15) is 0 Å². The van der Waals surface area contributed by atoms with Crippen molar-refractivity contribution in [3.8, 4) is 0 Å². The molecule has 0 N–H and O–H groups in total. The fourth-order valence-electron chi connectivity index (χ4n) is 1.27. The summed E-state index contributed by atoms with van der Waals surface area (Å²) in [6.45, 7) is 16.1. The Labute approximate surface area is 96.2 Å². The molecule has 1 aliphatic rings. The normalized spacial score (nSPS) is 18.5. The Kier molecular flexibility index (Phi) is 12.5. The third-order valence-electron chi connectivity index (χ3n) is 1.85. The van der Waals surface area contributed by atoms with E-state index in [1.54, 1.807) is 0 Å². The molecule has 88 valence electrons. The summed E-state index contributed by atoms with van der Waals surface area (Å²) in [7, 11) is 2.11. The van der Waals surface area contributed by atoms with Gasteiger partial charge in [-0.25, -0.2) is 0 Å². The van der Waals surface area contributed by atoms with Gasteiger partial charge in [0.15, 0.2) is 0 Å². The molecule has 0 spiro atoms. The first-order chi connectivity index (χ1) is 7.24. The van der Waals surface area contributed by atoms with Gasteiger partial charge in [-0.15, -0.1) is 0 Å². The van der Waals surface area contributed by atoms with Gasteiger partial charge in [-0.1, -0.05) is 52.5 Å². The lowest BCUT2D eigenvalue weighted by atomic mass is 10.1. The summed E-state index contributed by atoms with van der Waals surface area (Å²) >= 11 is 0. The fourth-order valence-corrected chi connectivity index (χ4v) is 1.27. The molecule has 1 heterocycles. The molecule has 0 radical (unpaired) electrons. The van der Waals surface area contributed by atoms with Crippen LogP contribution < -0.4 is 0 Å². The van der Waals surface area contributed by atoms with E-state index in [1.807, 2.05) is 40.7 Å². The van der Waals surface area contributed by atoms with E-state index in [0.29, 0.717) is 0 Å². The quantitative estimate of drug-likeness (QED) is 0.630. The number of hydrogen-bond donors (Lipinski definition) is 0. The molecule has 0 aliphatic carbocycles. The Balaban J connectivity index is 0. The zero-order valence-electron chi connectivity index (χ0n) is 11.3. The summed E-state index contributed by atoms with van der Waals surface area (Å²) in [6, 6.07) is 0. The molecule has 1 aliphatic heterocycles. The maximum Gasteiger partial charge on any atom is 0.0237 e. The number of nitrogens with zero attached hydrogens (tertiary/aromatic N) is 1. The Morgan fingerprint density at radius 2 is 1.67 bits per heavy atom. The van der Waals surface area contributed by atoms with Crippen molar-refractivity contribution in [2.45, 2.75) is 34.6 Å². The molecule has 1 heteroatoms. The molecule has 0 saturated carbocycles. The Morgan fingerprint density at radius 3 is 2.00 bits per heavy atom. The van der Waals surface area contributed by atoms with Crippen molar-refractivity contribution >= 4 is 0 Å². The predicted molar refractivity (Wildman–Crippen MR) is 72.2 cm³/mol. The molecule has 0 aromatic rings. The van der Waals surface area contributed by atoms with E-state index in [-0.39, 0.29) is 0 Å². The number of likely N-dealkylation sites (N-methyl/N-ethyl adjacent to an activating group) is 1. The minimum Gasteiger partial charge on any atom is -0.298 e. The number of allylic oxidation sites excluding steroid dienone is 3. The van der Waals surface area contributed by atoms with Crippen LogP contribution in [0.4, 0.5) is 0 Å². The van der Waals surface area contributed by atoms with E-state index in [0.717, 1.165) is 13.1 Å². The van der Waals surface area contributed by atoms with E-state index >= 15 is 0 Å². The maximum atomic E-state index is 4.00. The summed E-state index contributed by atoms with van der Waals surface area (Å²) in [5, 5.41) is 0. The minimum absolute atomic E-state index is 1.02. The molecule has 1 nitrogen and oxygen atoms in total. The molecular formula is C14H27N. The fraction of sp³-hybridized carbons (Fsp3) is 0.571. The molecule has 0 bridgehead atoms. The predicted octanol–water partition coefficient (Wildman–Crippen LogP) is 4.04. The van der Waals surface area contributed by atoms with E-state index in [1.165, 1.54) is 11.1 Å². The van der Waals surface area contributed by atoms with Crippen LogP contribution in [0.3, 0.4) is 0 Å². The van der Waals surface area contributed by atoms with Crippen LogP contribution in [0.15, 0.2) is 36.0 Å². The van der Waals surface area contributed by atoms with E-state index < -0.39 is 0 Å². The summed E-state index contributed by atoms with van der Waals surface area (Å²) in [6.07, 6.45) is 6.25. The highest BCUT2D eigenvalue weighted by molar-refractivity contribution is 5.37. The van der Waals surface area contributed by atoms with Gasteiger partial charge in [0.2, 0.25) is 0 Å². The lowest BCUT2D eigenvalue weighted by Crippen LogP contribution is -2.11. The third kappa shape index (κ3) is 7.15. The van der Waals surface area contributed by atoms with Gasteiger partial charge in [0.05, 0.1) is 0 Å². The second-order valence-electron chi connectivity index (χ2n) is 2.99. The summed E-state index contributed by atoms with van der Waals surface area (Å²) in [4.78, 5) is 2.26. The van der Waals surface area contributed by atoms with Gasteiger partial charge < -0.3 is 0 Å². The van der Waals surface area contributed by atoms with Crippen molar-refractivity contribution in [3.63, 3.8) is 0 Å². The van der Waals surface area contributed by atoms with Crippen LogP contribution >= 0.6 is 0 Å². The molecule has 0 aromatic carbocycles. The Bertz CT molecular complexity index is 211. The van der Waals surface area contributed by atoms with E-state index in [9.17, 15) is 0 Å². The highest BCUT2D eigenvalue weighted by Crippen LogP contribution is 2.17. The topological polar surface area (TPSA) is 3.24 Å². The van der Waals surface area contributed by atoms with Gasteiger partial charge in [-0.3, -0.25) is 4.90 Å². The maximum absolute atomic E-state index is 4.00. The smallest absolute Gasteiger partial charge is 0.0237 e. The summed E-state index contributed by atoms with van der Waals surface area (Å²) in [5.41, 5.74) is 2.62. The van der Waals surface area contributed by atoms with Crippen molar-refractivity contribution < 1.29 is 0 Å². The largest absolute Gasteiger partial charge is 0.298 e. The lowest BCUT2D eigenvalue weighted by molar-refractivity contribution is 0.437. The summed E-state index contributed by atoms with van der Waals surface area (Å²) < 4.78 is 0. The van der Waals surface area contributed by atoms with Crippen LogP contribution in [0.5, 0.6) is 0 Å². The van der Waals surface area contributed by atoms with Gasteiger partial charge in [0.1, 0.15) is 0 Å². The van der Waals surface area contributed by atoms with Crippen molar-refractivity contribution in [2.75, 3.05) is 20.1 Å². The van der Waals surface area contributed by atoms with Crippen LogP contribution in [0.1, 0.15) is 34.6 Å². The van der Waals surface area contributed by atoms with Crippen molar-refractivity contribution in [3.05, 3.63) is 36.0 Å². The van der Waals surface area contributed by atoms with E-state index in [4.69, 9.17) is 0 Å². The molecule has 0 amide bonds. The molecule has 1 saturated heterocycles. The molecule has 1 rings (SSSR count). The molecule has 15 heavy (non-hydrogen) atoms. The zero-order valence-corrected chi connectivity index (χ0v) is 11.3. The molecule has 0 atom stereocenters. The minimum atomic E-state index is 1.02. The average molecular weight is 209 g/mol. The van der Waals surface area contributed by atoms with E-state index in [2.05, 4.69) is 30.7 Å². The van der Waals surface area contributed by atoms with Gasteiger partial charge in [-0.05, 0) is 25.1 Å². The lowest BCUT2D eigenvalue weighted by Gasteiger charge is -2.01. The number of likely N-dealkylation sites (tertiary alicyclic amines) is 1. The zero-order chi connectivity index (χ0) is 12.3. The molecule has 0 unspecified atom stereocenters. The second-order valence-corrected chi connectivity index (χ2v) is 2.99. The van der Waals surface area contributed by atoms with Crippen LogP contribution in [-0.4, -0.2) is 25.0 Å². The average Bonchev–Trinajstić information content (AvgIpc) is 2.60. The SMILES string of the molecule is C=C1CN(C)C/C1=C/C=C\C.CC.CC. The third-order valence-corrected chi connectivity index (χ3v) is 1.85. The number of hydrogen-bond acceptors (Lipinski definition) is 1. The molecular weight excluding hydrogens is 182 g/mol. The van der Waals surface area contributed by atoms with Crippen LogP contribution in [0.2, 0.25) is 0 Å². The van der Waals surface area contributed by atoms with Gasteiger partial charge >= 0.3 is 0 Å². The summed E-state index contributed by atoms with van der Waals surface area (Å²) in [5.74, 6) is 0. The highest BCUT2D eigenvalue weighted by atomic mass is 15.1. The van der Waals surface area contributed by atoms with Crippen molar-refractivity contribution in [2.24, 2.45) is 0 Å². The van der Waals surface area contributed by atoms with Crippen LogP contribution in [0, 0.1) is 0 Å². The van der Waals surface area contributed by atoms with Gasteiger partial charge in [0, 0.05) is 13.1 Å². The van der Waals surface area contributed by atoms with Gasteiger partial charge in [0.25, 0.3) is 0 Å². The monoisotopic (exact) mass is 209 g/mol. The molecule has 1 fully saturated rings. The highest BCUT2D eigenvalue weighted by Gasteiger charge is 2.14.